The number of nitrogens with one attached hydrogen (secondary N) is 2. The fraction of sp³-hybridized carbons (Fsp3) is 0.857. The van der Waals surface area contributed by atoms with Gasteiger partial charge in [0.25, 0.3) is 0 Å². The molecule has 0 aromatic heterocycles. The number of carboxylic acids is 1. The van der Waals surface area contributed by atoms with Crippen molar-refractivity contribution in [2.24, 2.45) is 11.8 Å². The Morgan fingerprint density at radius 2 is 2.05 bits per heavy atom. The van der Waals surface area contributed by atoms with Gasteiger partial charge < -0.3 is 15.7 Å². The highest BCUT2D eigenvalue weighted by Gasteiger charge is 2.17. The smallest absolute Gasteiger partial charge is 0.314 e. The third-order valence-corrected chi connectivity index (χ3v) is 6.04. The molecule has 1 aliphatic heterocycles. The van der Waals surface area contributed by atoms with Crippen molar-refractivity contribution in [1.29, 1.82) is 0 Å². The lowest BCUT2D eigenvalue weighted by molar-refractivity contribution is -0.138. The summed E-state index contributed by atoms with van der Waals surface area (Å²) in [4.78, 5) is 22.6. The Morgan fingerprint density at radius 3 is 2.62 bits per heavy atom. The number of urea groups is 1. The summed E-state index contributed by atoms with van der Waals surface area (Å²) in [6.45, 7) is 5.22. The SMILES string of the molecule is CC(C)CC(CNC(=O)NCC1CSCCS1)CC(=O)O. The summed E-state index contributed by atoms with van der Waals surface area (Å²) in [7, 11) is 0. The lowest BCUT2D eigenvalue weighted by Gasteiger charge is -2.22. The van der Waals surface area contributed by atoms with Crippen molar-refractivity contribution in [3.8, 4) is 0 Å². The Kier molecular flexibility index (Phi) is 8.99. The van der Waals surface area contributed by atoms with Gasteiger partial charge in [0, 0.05) is 42.0 Å². The van der Waals surface area contributed by atoms with Crippen LogP contribution in [-0.4, -0.2) is 52.7 Å². The molecule has 0 saturated carbocycles. The molecule has 2 amide bonds. The van der Waals surface area contributed by atoms with E-state index >= 15 is 0 Å². The summed E-state index contributed by atoms with van der Waals surface area (Å²) in [6.07, 6.45) is 0.912. The summed E-state index contributed by atoms with van der Waals surface area (Å²) in [5, 5.41) is 15.1. The molecule has 2 unspecified atom stereocenters. The summed E-state index contributed by atoms with van der Waals surface area (Å²) < 4.78 is 0. The Morgan fingerprint density at radius 1 is 1.29 bits per heavy atom. The molecule has 1 fully saturated rings. The van der Waals surface area contributed by atoms with Gasteiger partial charge in [-0.25, -0.2) is 4.79 Å². The molecule has 0 bridgehead atoms. The molecule has 3 N–H and O–H groups in total. The predicted octanol–water partition coefficient (Wildman–Crippen LogP) is 2.27. The van der Waals surface area contributed by atoms with E-state index in [1.54, 1.807) is 0 Å². The lowest BCUT2D eigenvalue weighted by atomic mass is 9.94. The monoisotopic (exact) mass is 334 g/mol. The molecule has 2 atom stereocenters. The van der Waals surface area contributed by atoms with E-state index in [0.29, 0.717) is 24.3 Å². The zero-order valence-corrected chi connectivity index (χ0v) is 14.4. The van der Waals surface area contributed by atoms with E-state index in [1.807, 2.05) is 23.5 Å². The number of amides is 2. The number of thioether (sulfide) groups is 2. The van der Waals surface area contributed by atoms with Crippen molar-refractivity contribution in [3.63, 3.8) is 0 Å². The average molecular weight is 335 g/mol. The van der Waals surface area contributed by atoms with Crippen LogP contribution in [0.25, 0.3) is 0 Å². The fourth-order valence-corrected chi connectivity index (χ4v) is 4.92. The maximum Gasteiger partial charge on any atom is 0.314 e. The predicted molar refractivity (Wildman–Crippen MR) is 90.2 cm³/mol. The minimum atomic E-state index is -0.807. The van der Waals surface area contributed by atoms with Crippen molar-refractivity contribution in [1.82, 2.24) is 10.6 Å². The highest BCUT2D eigenvalue weighted by Crippen LogP contribution is 2.23. The molecule has 0 spiro atoms. The summed E-state index contributed by atoms with van der Waals surface area (Å²) in [5.74, 6) is 3.04. The van der Waals surface area contributed by atoms with Crippen LogP contribution in [0.5, 0.6) is 0 Å². The van der Waals surface area contributed by atoms with Crippen LogP contribution >= 0.6 is 23.5 Å². The third-order valence-electron chi connectivity index (χ3n) is 3.19. The maximum absolute atomic E-state index is 11.8. The second-order valence-electron chi connectivity index (χ2n) is 5.75. The first-order chi connectivity index (χ1) is 9.97. The molecule has 1 rings (SSSR count). The minimum Gasteiger partial charge on any atom is -0.481 e. The van der Waals surface area contributed by atoms with Gasteiger partial charge in [-0.05, 0) is 18.3 Å². The van der Waals surface area contributed by atoms with Crippen LogP contribution in [0.15, 0.2) is 0 Å². The number of hydrogen-bond acceptors (Lipinski definition) is 4. The Bertz CT molecular complexity index is 334. The van der Waals surface area contributed by atoms with Gasteiger partial charge in [-0.3, -0.25) is 4.79 Å². The molecule has 7 heteroatoms. The van der Waals surface area contributed by atoms with E-state index in [0.717, 1.165) is 17.9 Å². The van der Waals surface area contributed by atoms with Gasteiger partial charge in [0.1, 0.15) is 0 Å². The number of carbonyl (C=O) groups excluding carboxylic acids is 1. The highest BCUT2D eigenvalue weighted by molar-refractivity contribution is 8.06. The van der Waals surface area contributed by atoms with Crippen molar-refractivity contribution in [3.05, 3.63) is 0 Å². The number of aliphatic carboxylic acids is 1. The normalized spacial score (nSPS) is 20.0. The first-order valence-electron chi connectivity index (χ1n) is 7.40. The van der Waals surface area contributed by atoms with Gasteiger partial charge in [0.05, 0.1) is 0 Å². The van der Waals surface area contributed by atoms with Gasteiger partial charge in [-0.15, -0.1) is 0 Å². The van der Waals surface area contributed by atoms with Crippen LogP contribution < -0.4 is 10.6 Å². The highest BCUT2D eigenvalue weighted by atomic mass is 32.2. The van der Waals surface area contributed by atoms with Gasteiger partial charge in [-0.1, -0.05) is 13.8 Å². The van der Waals surface area contributed by atoms with Crippen molar-refractivity contribution >= 4 is 35.5 Å². The van der Waals surface area contributed by atoms with E-state index < -0.39 is 5.97 Å². The molecule has 0 aromatic rings. The third kappa shape index (κ3) is 9.14. The molecule has 1 saturated heterocycles. The average Bonchev–Trinajstić information content (AvgIpc) is 2.42. The molecule has 1 aliphatic rings. The molecule has 0 aromatic carbocycles. The zero-order chi connectivity index (χ0) is 15.7. The number of carbonyl (C=O) groups is 2. The second-order valence-corrected chi connectivity index (χ2v) is 8.31. The van der Waals surface area contributed by atoms with Crippen molar-refractivity contribution < 1.29 is 14.7 Å². The Labute approximate surface area is 135 Å². The number of rotatable bonds is 8. The van der Waals surface area contributed by atoms with Gasteiger partial charge in [-0.2, -0.15) is 23.5 Å². The van der Waals surface area contributed by atoms with Crippen LogP contribution in [0, 0.1) is 11.8 Å². The Hall–Kier alpha value is -0.560. The van der Waals surface area contributed by atoms with Gasteiger partial charge in [0.2, 0.25) is 0 Å². The van der Waals surface area contributed by atoms with E-state index in [2.05, 4.69) is 24.5 Å². The second kappa shape index (κ2) is 10.2. The molecular weight excluding hydrogens is 308 g/mol. The van der Waals surface area contributed by atoms with Crippen molar-refractivity contribution in [2.45, 2.75) is 31.9 Å². The minimum absolute atomic E-state index is 0.00661. The molecular formula is C14H26N2O3S2. The van der Waals surface area contributed by atoms with Crippen LogP contribution in [0.2, 0.25) is 0 Å². The summed E-state index contributed by atoms with van der Waals surface area (Å²) in [5.41, 5.74) is 0. The quantitative estimate of drug-likeness (QED) is 0.635. The molecule has 1 heterocycles. The van der Waals surface area contributed by atoms with Gasteiger partial charge in [0.15, 0.2) is 0 Å². The van der Waals surface area contributed by atoms with E-state index in [-0.39, 0.29) is 18.4 Å². The van der Waals surface area contributed by atoms with E-state index in [1.165, 1.54) is 5.75 Å². The molecule has 5 nitrogen and oxygen atoms in total. The molecule has 122 valence electrons. The Balaban J connectivity index is 2.23. The van der Waals surface area contributed by atoms with Crippen LogP contribution in [0.4, 0.5) is 4.79 Å². The number of hydrogen-bond donors (Lipinski definition) is 3. The molecule has 0 aliphatic carbocycles. The fourth-order valence-electron chi connectivity index (χ4n) is 2.31. The zero-order valence-electron chi connectivity index (χ0n) is 12.8. The maximum atomic E-state index is 11.8. The molecule has 21 heavy (non-hydrogen) atoms. The van der Waals surface area contributed by atoms with Crippen LogP contribution in [-0.2, 0) is 4.79 Å². The summed E-state index contributed by atoms with van der Waals surface area (Å²) in [6, 6.07) is -0.190. The molecule has 0 radical (unpaired) electrons. The topological polar surface area (TPSA) is 78.4 Å². The summed E-state index contributed by atoms with van der Waals surface area (Å²) >= 11 is 3.83. The largest absolute Gasteiger partial charge is 0.481 e. The lowest BCUT2D eigenvalue weighted by Crippen LogP contribution is -2.42. The standard InChI is InChI=1S/C14H26N2O3S2/c1-10(2)5-11(6-13(17)18)7-15-14(19)16-8-12-9-20-3-4-21-12/h10-12H,3-9H2,1-2H3,(H,17,18)(H2,15,16,19). The van der Waals surface area contributed by atoms with E-state index in [4.69, 9.17) is 5.11 Å². The first kappa shape index (κ1) is 18.5. The van der Waals surface area contributed by atoms with Crippen molar-refractivity contribution in [2.75, 3.05) is 30.3 Å². The van der Waals surface area contributed by atoms with Gasteiger partial charge >= 0.3 is 12.0 Å². The van der Waals surface area contributed by atoms with E-state index in [9.17, 15) is 9.59 Å². The van der Waals surface area contributed by atoms with Crippen LogP contribution in [0.3, 0.4) is 0 Å². The first-order valence-corrected chi connectivity index (χ1v) is 9.60. The van der Waals surface area contributed by atoms with Crippen LogP contribution in [0.1, 0.15) is 26.7 Å². The number of carboxylic acid groups (broad SMARTS) is 1.